The first-order valence-electron chi connectivity index (χ1n) is 21.7. The van der Waals surface area contributed by atoms with Gasteiger partial charge in [-0.1, -0.05) is 167 Å². The summed E-state index contributed by atoms with van der Waals surface area (Å²) >= 11 is 0. The highest BCUT2D eigenvalue weighted by molar-refractivity contribution is 7.47. The number of unbranched alkanes of at least 4 members (excludes halogenated alkanes) is 25. The van der Waals surface area contributed by atoms with Gasteiger partial charge in [-0.05, 0) is 38.5 Å². The van der Waals surface area contributed by atoms with E-state index in [0.717, 1.165) is 57.8 Å². The van der Waals surface area contributed by atoms with E-state index in [1.807, 2.05) is 0 Å². The number of amides is 1. The smallest absolute Gasteiger partial charge is 0.472 e. The van der Waals surface area contributed by atoms with Crippen molar-refractivity contribution >= 4 is 25.7 Å². The number of hydrogen-bond acceptors (Lipinski definition) is 8. The maximum Gasteiger partial charge on any atom is 0.472 e. The number of hydrogen-bond donors (Lipinski definition) is 4. The number of phosphoric ester groups is 1. The second-order valence-corrected chi connectivity index (χ2v) is 16.3. The Morgan fingerprint density at radius 1 is 0.574 bits per heavy atom. The van der Waals surface area contributed by atoms with Crippen molar-refractivity contribution in [2.45, 2.75) is 219 Å². The summed E-state index contributed by atoms with van der Waals surface area (Å²) in [5, 5.41) is 21.8. The summed E-state index contributed by atoms with van der Waals surface area (Å²) in [6.07, 6.45) is 36.6. The average Bonchev–Trinajstić information content (AvgIpc) is 3.14. The van der Waals surface area contributed by atoms with Gasteiger partial charge in [-0.2, -0.15) is 0 Å². The lowest BCUT2D eigenvalue weighted by Crippen LogP contribution is -2.43. The fourth-order valence-corrected chi connectivity index (χ4v) is 6.91. The van der Waals surface area contributed by atoms with Crippen LogP contribution in [0, 0.1) is 0 Å². The summed E-state index contributed by atoms with van der Waals surface area (Å²) < 4.78 is 26.8. The monoisotopic (exact) mass is 790 g/mol. The Kier molecular flexibility index (Phi) is 36.9. The van der Waals surface area contributed by atoms with Crippen molar-refractivity contribution in [2.75, 3.05) is 19.8 Å². The maximum absolute atomic E-state index is 12.3. The molecule has 0 heterocycles. The molecule has 54 heavy (non-hydrogen) atoms. The number of rotatable bonds is 41. The third-order valence-electron chi connectivity index (χ3n) is 9.55. The molecule has 0 saturated heterocycles. The minimum atomic E-state index is -4.75. The van der Waals surface area contributed by atoms with Crippen LogP contribution < -0.4 is 5.32 Å². The van der Waals surface area contributed by atoms with Crippen molar-refractivity contribution in [2.24, 2.45) is 0 Å². The van der Waals surface area contributed by atoms with Crippen molar-refractivity contribution in [3.8, 4) is 0 Å². The number of phosphoric acid groups is 1. The molecule has 1 amide bonds. The fourth-order valence-electron chi connectivity index (χ4n) is 6.13. The SMILES string of the molecule is CCCCCCC/C=C\CCCCCCCC(=O)OCC(O)COP(=O)(O)OCC(NC(=O)CCCCCCCCCCCCCCCCCC)C(=O)O. The van der Waals surface area contributed by atoms with Gasteiger partial charge in [-0.15, -0.1) is 0 Å². The Hall–Kier alpha value is -1.78. The molecule has 3 atom stereocenters. The summed E-state index contributed by atoms with van der Waals surface area (Å²) in [4.78, 5) is 45.9. The van der Waals surface area contributed by atoms with Crippen molar-refractivity contribution in [3.05, 3.63) is 12.2 Å². The van der Waals surface area contributed by atoms with Crippen LogP contribution >= 0.6 is 7.82 Å². The number of aliphatic carboxylic acids is 1. The number of nitrogens with one attached hydrogen (secondary N) is 1. The number of carboxylic acids is 1. The van der Waals surface area contributed by atoms with E-state index in [2.05, 4.69) is 31.3 Å². The van der Waals surface area contributed by atoms with Crippen molar-refractivity contribution in [1.82, 2.24) is 5.32 Å². The minimum absolute atomic E-state index is 0.150. The predicted octanol–water partition coefficient (Wildman–Crippen LogP) is 10.9. The average molecular weight is 790 g/mol. The molecule has 11 nitrogen and oxygen atoms in total. The molecule has 0 saturated carbocycles. The number of esters is 1. The first kappa shape index (κ1) is 52.2. The highest BCUT2D eigenvalue weighted by Crippen LogP contribution is 2.43. The van der Waals surface area contributed by atoms with Gasteiger partial charge in [0.2, 0.25) is 5.91 Å². The van der Waals surface area contributed by atoms with E-state index >= 15 is 0 Å². The summed E-state index contributed by atoms with van der Waals surface area (Å²) in [6.45, 7) is 2.59. The van der Waals surface area contributed by atoms with Crippen molar-refractivity contribution in [3.63, 3.8) is 0 Å². The van der Waals surface area contributed by atoms with Crippen molar-refractivity contribution < 1.29 is 47.8 Å². The Balaban J connectivity index is 3.90. The zero-order valence-electron chi connectivity index (χ0n) is 34.3. The van der Waals surface area contributed by atoms with E-state index in [4.69, 9.17) is 13.8 Å². The van der Waals surface area contributed by atoms with Crippen LogP contribution in [0.4, 0.5) is 0 Å². The van der Waals surface area contributed by atoms with E-state index in [9.17, 15) is 34.1 Å². The molecule has 0 bridgehead atoms. The summed E-state index contributed by atoms with van der Waals surface area (Å²) in [7, 11) is -4.75. The zero-order chi connectivity index (χ0) is 40.0. The standard InChI is InChI=1S/C42H80NO10P/c1-3-5-7-9-11-13-15-17-19-20-21-23-25-27-29-31-33-40(45)43-39(42(47)48)37-53-54(49,50)52-36-38(44)35-51-41(46)34-32-30-28-26-24-22-18-16-14-12-10-8-6-4-2/h16,18,38-39,44H,3-15,17,19-37H2,1-2H3,(H,43,45)(H,47,48)(H,49,50)/b18-16-. The Labute approximate surface area is 328 Å². The molecule has 0 spiro atoms. The molecule has 0 aliphatic carbocycles. The molecule has 0 aliphatic rings. The first-order chi connectivity index (χ1) is 26.1. The number of aliphatic hydroxyl groups excluding tert-OH is 1. The highest BCUT2D eigenvalue weighted by Gasteiger charge is 2.28. The van der Waals surface area contributed by atoms with Gasteiger partial charge < -0.3 is 25.2 Å². The molecule has 0 aromatic rings. The predicted molar refractivity (Wildman–Crippen MR) is 217 cm³/mol. The number of carbonyl (C=O) groups excluding carboxylic acids is 2. The number of ether oxygens (including phenoxy) is 1. The van der Waals surface area contributed by atoms with E-state index in [0.29, 0.717) is 12.8 Å². The molecule has 0 radical (unpaired) electrons. The van der Waals surface area contributed by atoms with Gasteiger partial charge in [0.05, 0.1) is 13.2 Å². The normalized spacial score (nSPS) is 13.9. The van der Waals surface area contributed by atoms with Crippen LogP contribution in [0.1, 0.15) is 206 Å². The van der Waals surface area contributed by atoms with Gasteiger partial charge in [-0.25, -0.2) is 9.36 Å². The van der Waals surface area contributed by atoms with Gasteiger partial charge in [-0.3, -0.25) is 18.6 Å². The molecule has 318 valence electrons. The number of allylic oxidation sites excluding steroid dienone is 2. The molecule has 0 aliphatic heterocycles. The van der Waals surface area contributed by atoms with Crippen molar-refractivity contribution in [1.29, 1.82) is 0 Å². The van der Waals surface area contributed by atoms with Gasteiger partial charge in [0, 0.05) is 12.8 Å². The van der Waals surface area contributed by atoms with Gasteiger partial charge in [0.25, 0.3) is 0 Å². The zero-order valence-corrected chi connectivity index (χ0v) is 35.2. The van der Waals surface area contributed by atoms with Gasteiger partial charge in [0.15, 0.2) is 6.04 Å². The Morgan fingerprint density at radius 2 is 0.963 bits per heavy atom. The second-order valence-electron chi connectivity index (χ2n) is 14.9. The fraction of sp³-hybridized carbons (Fsp3) is 0.881. The van der Waals surface area contributed by atoms with E-state index in [-0.39, 0.29) is 12.8 Å². The molecular weight excluding hydrogens is 709 g/mol. The Bertz CT molecular complexity index is 979. The quantitative estimate of drug-likeness (QED) is 0.0202. The molecule has 0 aromatic heterocycles. The van der Waals surface area contributed by atoms with Crippen LogP contribution in [0.15, 0.2) is 12.2 Å². The number of carbonyl (C=O) groups is 3. The molecule has 4 N–H and O–H groups in total. The van der Waals surface area contributed by atoms with Gasteiger partial charge >= 0.3 is 19.8 Å². The molecule has 0 aromatic carbocycles. The third kappa shape index (κ3) is 37.2. The van der Waals surface area contributed by atoms with Crippen LogP contribution in [0.2, 0.25) is 0 Å². The lowest BCUT2D eigenvalue weighted by Gasteiger charge is -2.18. The minimum Gasteiger partial charge on any atom is -0.480 e. The van der Waals surface area contributed by atoms with Crippen LogP contribution in [-0.2, 0) is 32.7 Å². The summed E-state index contributed by atoms with van der Waals surface area (Å²) in [5.41, 5.74) is 0. The third-order valence-corrected chi connectivity index (χ3v) is 10.5. The van der Waals surface area contributed by atoms with E-state index in [1.165, 1.54) is 109 Å². The van der Waals surface area contributed by atoms with Crippen LogP contribution in [0.3, 0.4) is 0 Å². The van der Waals surface area contributed by atoms with Gasteiger partial charge in [0.1, 0.15) is 12.7 Å². The summed E-state index contributed by atoms with van der Waals surface area (Å²) in [5.74, 6) is -2.37. The highest BCUT2D eigenvalue weighted by atomic mass is 31.2. The molecular formula is C42H80NO10P. The first-order valence-corrected chi connectivity index (χ1v) is 23.2. The lowest BCUT2D eigenvalue weighted by atomic mass is 10.0. The Morgan fingerprint density at radius 3 is 1.41 bits per heavy atom. The maximum atomic E-state index is 12.3. The number of aliphatic hydroxyl groups is 1. The number of carboxylic acid groups (broad SMARTS) is 1. The van der Waals surface area contributed by atoms with E-state index in [1.54, 1.807) is 0 Å². The van der Waals surface area contributed by atoms with Crippen LogP contribution in [0.5, 0.6) is 0 Å². The van der Waals surface area contributed by atoms with Crippen LogP contribution in [-0.4, -0.2) is 64.9 Å². The lowest BCUT2D eigenvalue weighted by molar-refractivity contribution is -0.147. The molecule has 0 fully saturated rings. The second kappa shape index (κ2) is 38.1. The van der Waals surface area contributed by atoms with E-state index < -0.39 is 57.6 Å². The molecule has 0 rings (SSSR count). The topological polar surface area (TPSA) is 169 Å². The summed E-state index contributed by atoms with van der Waals surface area (Å²) in [6, 6.07) is -1.54. The van der Waals surface area contributed by atoms with Crippen LogP contribution in [0.25, 0.3) is 0 Å². The largest absolute Gasteiger partial charge is 0.480 e. The molecule has 12 heteroatoms. The molecule has 3 unspecified atom stereocenters.